The topological polar surface area (TPSA) is 105 Å². The van der Waals surface area contributed by atoms with Gasteiger partial charge in [-0.25, -0.2) is 9.59 Å². The predicted molar refractivity (Wildman–Crippen MR) is 100 cm³/mol. The van der Waals surface area contributed by atoms with Gasteiger partial charge in [0.1, 0.15) is 5.75 Å². The summed E-state index contributed by atoms with van der Waals surface area (Å²) in [5.41, 5.74) is 2.63. The van der Waals surface area contributed by atoms with E-state index in [0.29, 0.717) is 0 Å². The molecule has 0 saturated heterocycles. The van der Waals surface area contributed by atoms with Gasteiger partial charge in [-0.3, -0.25) is 0 Å². The van der Waals surface area contributed by atoms with Crippen molar-refractivity contribution in [1.29, 1.82) is 0 Å². The molecule has 7 heteroatoms. The summed E-state index contributed by atoms with van der Waals surface area (Å²) in [7, 11) is 1.72. The average molecular weight is 369 g/mol. The molecule has 0 heterocycles. The lowest BCUT2D eigenvalue weighted by molar-refractivity contribution is -0.159. The summed E-state index contributed by atoms with van der Waals surface area (Å²) in [5, 5.41) is 18.1. The van der Waals surface area contributed by atoms with Crippen LogP contribution < -0.4 is 10.1 Å². The van der Waals surface area contributed by atoms with Gasteiger partial charge in [0.15, 0.2) is 0 Å². The Bertz CT molecular complexity index is 554. The number of hydrogen-bond acceptors (Lipinski definition) is 5. The highest BCUT2D eigenvalue weighted by atomic mass is 16.5. The Hall–Kier alpha value is -2.12. The minimum atomic E-state index is -1.82. The van der Waals surface area contributed by atoms with Crippen LogP contribution in [-0.4, -0.2) is 55.6 Å². The van der Waals surface area contributed by atoms with E-state index in [1.165, 1.54) is 11.1 Å². The van der Waals surface area contributed by atoms with Gasteiger partial charge in [-0.05, 0) is 42.5 Å². The molecule has 0 aliphatic rings. The van der Waals surface area contributed by atoms with Crippen LogP contribution >= 0.6 is 0 Å². The third-order valence-corrected chi connectivity index (χ3v) is 3.37. The minimum Gasteiger partial charge on any atom is -0.493 e. The van der Waals surface area contributed by atoms with E-state index in [-0.39, 0.29) is 5.41 Å². The molecule has 0 fully saturated rings. The zero-order valence-electron chi connectivity index (χ0n) is 16.3. The molecular weight excluding hydrogens is 338 g/mol. The molecule has 0 aliphatic heterocycles. The van der Waals surface area contributed by atoms with Crippen molar-refractivity contribution in [2.45, 2.75) is 39.5 Å². The van der Waals surface area contributed by atoms with E-state index in [4.69, 9.17) is 29.3 Å². The number of carboxylic acid groups (broad SMARTS) is 2. The summed E-state index contributed by atoms with van der Waals surface area (Å²) < 4.78 is 11.0. The van der Waals surface area contributed by atoms with Crippen molar-refractivity contribution in [2.24, 2.45) is 0 Å². The number of aliphatic carboxylic acids is 2. The molecule has 0 amide bonds. The van der Waals surface area contributed by atoms with Crippen LogP contribution in [0.15, 0.2) is 18.2 Å². The maximum Gasteiger partial charge on any atom is 0.414 e. The second-order valence-electron chi connectivity index (χ2n) is 6.80. The van der Waals surface area contributed by atoms with Crippen LogP contribution in [0, 0.1) is 6.92 Å². The molecule has 148 valence electrons. The first-order chi connectivity index (χ1) is 12.1. The van der Waals surface area contributed by atoms with Crippen molar-refractivity contribution in [3.8, 4) is 5.75 Å². The van der Waals surface area contributed by atoms with Gasteiger partial charge in [0.05, 0.1) is 13.2 Å². The molecular formula is C19H31NO6. The molecule has 0 radical (unpaired) electrons. The van der Waals surface area contributed by atoms with Gasteiger partial charge in [-0.15, -0.1) is 0 Å². The monoisotopic (exact) mass is 369 g/mol. The number of rotatable bonds is 8. The summed E-state index contributed by atoms with van der Waals surface area (Å²) in [5.74, 6) is -2.63. The molecule has 0 aromatic heterocycles. The fourth-order valence-corrected chi connectivity index (χ4v) is 2.05. The third kappa shape index (κ3) is 10.7. The number of methoxy groups -OCH3 is 1. The average Bonchev–Trinajstić information content (AvgIpc) is 2.53. The molecule has 0 aliphatic carbocycles. The summed E-state index contributed by atoms with van der Waals surface area (Å²) in [6.07, 6.45) is 1.00. The first-order valence-corrected chi connectivity index (χ1v) is 8.49. The second kappa shape index (κ2) is 12.3. The smallest absolute Gasteiger partial charge is 0.414 e. The Morgan fingerprint density at radius 2 is 1.69 bits per heavy atom. The summed E-state index contributed by atoms with van der Waals surface area (Å²) in [6, 6.07) is 6.47. The number of hydrogen-bond donors (Lipinski definition) is 3. The van der Waals surface area contributed by atoms with E-state index < -0.39 is 11.9 Å². The van der Waals surface area contributed by atoms with Crippen molar-refractivity contribution < 1.29 is 29.3 Å². The van der Waals surface area contributed by atoms with Crippen LogP contribution in [-0.2, 0) is 19.7 Å². The van der Waals surface area contributed by atoms with Crippen molar-refractivity contribution in [3.05, 3.63) is 29.3 Å². The second-order valence-corrected chi connectivity index (χ2v) is 6.80. The largest absolute Gasteiger partial charge is 0.493 e. The number of ether oxygens (including phenoxy) is 2. The summed E-state index contributed by atoms with van der Waals surface area (Å²) >= 11 is 0. The minimum absolute atomic E-state index is 0.111. The molecule has 7 nitrogen and oxygen atoms in total. The maximum atomic E-state index is 9.10. The van der Waals surface area contributed by atoms with E-state index in [1.807, 2.05) is 0 Å². The number of carbonyl (C=O) groups is 2. The first kappa shape index (κ1) is 23.9. The number of carboxylic acids is 2. The lowest BCUT2D eigenvalue weighted by Gasteiger charge is -2.23. The Balaban J connectivity index is 0.000000896. The van der Waals surface area contributed by atoms with Gasteiger partial charge in [0.2, 0.25) is 0 Å². The van der Waals surface area contributed by atoms with Crippen LogP contribution in [0.5, 0.6) is 5.75 Å². The van der Waals surface area contributed by atoms with E-state index >= 15 is 0 Å². The molecule has 0 unspecified atom stereocenters. The van der Waals surface area contributed by atoms with Crippen LogP contribution in [0.3, 0.4) is 0 Å². The molecule has 0 atom stereocenters. The molecule has 26 heavy (non-hydrogen) atoms. The maximum absolute atomic E-state index is 9.10. The van der Waals surface area contributed by atoms with Gasteiger partial charge in [-0.1, -0.05) is 32.9 Å². The standard InChI is InChI=1S/C17H29NO2.C2H2O4/c1-14-7-8-15(17(2,3)4)16(13-14)20-11-6-9-18-10-12-19-5;3-1(4)2(5)6/h7-8,13,18H,6,9-12H2,1-5H3;(H,3,4)(H,5,6). The zero-order valence-corrected chi connectivity index (χ0v) is 16.3. The lowest BCUT2D eigenvalue weighted by atomic mass is 9.86. The number of benzene rings is 1. The van der Waals surface area contributed by atoms with E-state index in [1.54, 1.807) is 7.11 Å². The fourth-order valence-electron chi connectivity index (χ4n) is 2.05. The highest BCUT2D eigenvalue weighted by Gasteiger charge is 2.18. The van der Waals surface area contributed by atoms with E-state index in [0.717, 1.165) is 38.5 Å². The predicted octanol–water partition coefficient (Wildman–Crippen LogP) is 2.45. The van der Waals surface area contributed by atoms with Gasteiger partial charge >= 0.3 is 11.9 Å². The van der Waals surface area contributed by atoms with E-state index in [2.05, 4.69) is 51.2 Å². The third-order valence-electron chi connectivity index (χ3n) is 3.37. The van der Waals surface area contributed by atoms with Crippen LogP contribution in [0.25, 0.3) is 0 Å². The normalized spacial score (nSPS) is 10.7. The highest BCUT2D eigenvalue weighted by molar-refractivity contribution is 6.27. The van der Waals surface area contributed by atoms with Crippen molar-refractivity contribution in [3.63, 3.8) is 0 Å². The van der Waals surface area contributed by atoms with Gasteiger partial charge < -0.3 is 25.0 Å². The lowest BCUT2D eigenvalue weighted by Crippen LogP contribution is -2.22. The fraction of sp³-hybridized carbons (Fsp3) is 0.579. The Morgan fingerprint density at radius 3 is 2.19 bits per heavy atom. The molecule has 0 saturated carbocycles. The van der Waals surface area contributed by atoms with Crippen molar-refractivity contribution in [1.82, 2.24) is 5.32 Å². The number of nitrogens with one attached hydrogen (secondary N) is 1. The Labute approximate surface area is 155 Å². The number of aryl methyl sites for hydroxylation is 1. The molecule has 1 aromatic rings. The SMILES string of the molecule is COCCNCCCOc1cc(C)ccc1C(C)(C)C.O=C(O)C(=O)O. The summed E-state index contributed by atoms with van der Waals surface area (Å²) in [6.45, 7) is 12.1. The van der Waals surface area contributed by atoms with Crippen LogP contribution in [0.2, 0.25) is 0 Å². The van der Waals surface area contributed by atoms with Gasteiger partial charge in [0, 0.05) is 13.7 Å². The molecule has 0 bridgehead atoms. The summed E-state index contributed by atoms with van der Waals surface area (Å²) in [4.78, 5) is 18.2. The van der Waals surface area contributed by atoms with Gasteiger partial charge in [-0.2, -0.15) is 0 Å². The quantitative estimate of drug-likeness (QED) is 0.477. The van der Waals surface area contributed by atoms with Crippen molar-refractivity contribution >= 4 is 11.9 Å². The molecule has 1 aromatic carbocycles. The van der Waals surface area contributed by atoms with Crippen LogP contribution in [0.4, 0.5) is 0 Å². The van der Waals surface area contributed by atoms with E-state index in [9.17, 15) is 0 Å². The first-order valence-electron chi connectivity index (χ1n) is 8.49. The molecule has 0 spiro atoms. The Kier molecular flexibility index (Phi) is 11.3. The molecule has 3 N–H and O–H groups in total. The molecule has 1 rings (SSSR count). The zero-order chi connectivity index (χ0) is 20.2. The highest BCUT2D eigenvalue weighted by Crippen LogP contribution is 2.32. The van der Waals surface area contributed by atoms with Crippen LogP contribution in [0.1, 0.15) is 38.3 Å². The van der Waals surface area contributed by atoms with Crippen molar-refractivity contribution in [2.75, 3.05) is 33.4 Å². The Morgan fingerprint density at radius 1 is 1.08 bits per heavy atom. The van der Waals surface area contributed by atoms with Gasteiger partial charge in [0.25, 0.3) is 0 Å².